The molecule has 0 bridgehead atoms. The predicted octanol–water partition coefficient (Wildman–Crippen LogP) is 13.9. The first kappa shape index (κ1) is 27.9. The summed E-state index contributed by atoms with van der Waals surface area (Å²) in [6.07, 6.45) is 0. The molecule has 3 heteroatoms. The van der Waals surface area contributed by atoms with Gasteiger partial charge in [0.2, 0.25) is 0 Å². The fourth-order valence-corrected chi connectivity index (χ4v) is 8.47. The Bertz CT molecular complexity index is 2840. The molecule has 8 aromatic carbocycles. The minimum absolute atomic E-state index is 0.907. The Hall–Kier alpha value is -6.16. The SMILES string of the molecule is c1ccc(N(c2ccc(-c3ccc4c(c3)oc3ccccc34)cc2)c2cccc3ccccc23)c(-c2ccc3c(c2)sc2ccccc23)c1. The van der Waals surface area contributed by atoms with Gasteiger partial charge in [-0.15, -0.1) is 11.3 Å². The molecule has 0 spiro atoms. The molecule has 0 N–H and O–H groups in total. The van der Waals surface area contributed by atoms with E-state index in [1.807, 2.05) is 23.5 Å². The second-order valence-corrected chi connectivity index (χ2v) is 13.6. The number of benzene rings is 8. The number of hydrogen-bond acceptors (Lipinski definition) is 3. The lowest BCUT2D eigenvalue weighted by atomic mass is 9.99. The molecule has 0 fully saturated rings. The summed E-state index contributed by atoms with van der Waals surface area (Å²) in [5.74, 6) is 0. The molecule has 0 aliphatic heterocycles. The van der Waals surface area contributed by atoms with Gasteiger partial charge in [-0.2, -0.15) is 0 Å². The van der Waals surface area contributed by atoms with Gasteiger partial charge in [-0.05, 0) is 76.7 Å². The van der Waals surface area contributed by atoms with E-state index >= 15 is 0 Å². The van der Waals surface area contributed by atoms with E-state index < -0.39 is 0 Å². The number of nitrogens with zero attached hydrogens (tertiary/aromatic N) is 1. The van der Waals surface area contributed by atoms with E-state index in [-0.39, 0.29) is 0 Å². The third-order valence-corrected chi connectivity index (χ3v) is 10.8. The third-order valence-electron chi connectivity index (χ3n) is 9.68. The molecule has 0 aliphatic rings. The molecule has 0 unspecified atom stereocenters. The summed E-state index contributed by atoms with van der Waals surface area (Å²) in [6, 6.07) is 63.3. The van der Waals surface area contributed by atoms with Crippen molar-refractivity contribution in [3.8, 4) is 22.3 Å². The first-order valence-corrected chi connectivity index (χ1v) is 17.4. The molecule has 2 aromatic heterocycles. The van der Waals surface area contributed by atoms with E-state index in [4.69, 9.17) is 4.42 Å². The largest absolute Gasteiger partial charge is 0.456 e. The van der Waals surface area contributed by atoms with Crippen LogP contribution >= 0.6 is 11.3 Å². The van der Waals surface area contributed by atoms with Gasteiger partial charge in [0.05, 0.1) is 11.4 Å². The topological polar surface area (TPSA) is 16.4 Å². The highest BCUT2D eigenvalue weighted by Crippen LogP contribution is 2.45. The molecule has 10 aromatic rings. The fraction of sp³-hybridized carbons (Fsp3) is 0. The molecule has 0 radical (unpaired) electrons. The summed E-state index contributed by atoms with van der Waals surface area (Å²) in [5.41, 5.74) is 9.87. The third kappa shape index (κ3) is 4.62. The minimum Gasteiger partial charge on any atom is -0.456 e. The van der Waals surface area contributed by atoms with Crippen molar-refractivity contribution >= 4 is 81.3 Å². The van der Waals surface area contributed by atoms with Crippen LogP contribution < -0.4 is 4.90 Å². The van der Waals surface area contributed by atoms with Gasteiger partial charge in [0.25, 0.3) is 0 Å². The summed E-state index contributed by atoms with van der Waals surface area (Å²) < 4.78 is 8.85. The predicted molar refractivity (Wildman–Crippen MR) is 210 cm³/mol. The fourth-order valence-electron chi connectivity index (χ4n) is 7.33. The Labute approximate surface area is 287 Å². The van der Waals surface area contributed by atoms with Crippen molar-refractivity contribution in [1.29, 1.82) is 0 Å². The molecule has 0 amide bonds. The highest BCUT2D eigenvalue weighted by atomic mass is 32.1. The number of para-hydroxylation sites is 2. The summed E-state index contributed by atoms with van der Waals surface area (Å²) in [5, 5.41) is 7.34. The monoisotopic (exact) mass is 643 g/mol. The second-order valence-electron chi connectivity index (χ2n) is 12.5. The molecule has 230 valence electrons. The molecule has 2 nitrogen and oxygen atoms in total. The normalized spacial score (nSPS) is 11.7. The number of anilines is 3. The molecule has 0 saturated heterocycles. The van der Waals surface area contributed by atoms with Gasteiger partial charge < -0.3 is 9.32 Å². The van der Waals surface area contributed by atoms with E-state index in [1.54, 1.807) is 0 Å². The molecule has 0 saturated carbocycles. The van der Waals surface area contributed by atoms with Crippen LogP contribution in [0.15, 0.2) is 180 Å². The lowest BCUT2D eigenvalue weighted by Gasteiger charge is -2.29. The lowest BCUT2D eigenvalue weighted by molar-refractivity contribution is 0.669. The van der Waals surface area contributed by atoms with Crippen molar-refractivity contribution in [2.45, 2.75) is 0 Å². The molecule has 0 atom stereocenters. The molecule has 49 heavy (non-hydrogen) atoms. The van der Waals surface area contributed by atoms with Crippen LogP contribution in [0, 0.1) is 0 Å². The molecule has 0 aliphatic carbocycles. The molecule has 2 heterocycles. The second kappa shape index (κ2) is 11.2. The highest BCUT2D eigenvalue weighted by molar-refractivity contribution is 7.25. The van der Waals surface area contributed by atoms with Gasteiger partial charge in [-0.25, -0.2) is 0 Å². The van der Waals surface area contributed by atoms with Gasteiger partial charge in [0.15, 0.2) is 0 Å². The van der Waals surface area contributed by atoms with E-state index in [2.05, 4.69) is 169 Å². The number of thiophene rings is 1. The maximum atomic E-state index is 6.22. The van der Waals surface area contributed by atoms with Crippen molar-refractivity contribution in [3.63, 3.8) is 0 Å². The van der Waals surface area contributed by atoms with E-state index in [0.717, 1.165) is 50.1 Å². The van der Waals surface area contributed by atoms with Crippen LogP contribution in [0.5, 0.6) is 0 Å². The molecular weight excluding hydrogens is 615 g/mol. The summed E-state index contributed by atoms with van der Waals surface area (Å²) >= 11 is 1.86. The Balaban J connectivity index is 1.13. The van der Waals surface area contributed by atoms with Crippen molar-refractivity contribution in [1.82, 2.24) is 0 Å². The number of hydrogen-bond donors (Lipinski definition) is 0. The van der Waals surface area contributed by atoms with Crippen LogP contribution in [0.25, 0.3) is 75.1 Å². The van der Waals surface area contributed by atoms with Crippen LogP contribution in [0.2, 0.25) is 0 Å². The Morgan fingerprint density at radius 3 is 1.94 bits per heavy atom. The van der Waals surface area contributed by atoms with E-state index in [9.17, 15) is 0 Å². The summed E-state index contributed by atoms with van der Waals surface area (Å²) in [7, 11) is 0. The van der Waals surface area contributed by atoms with Gasteiger partial charge in [-0.1, -0.05) is 121 Å². The zero-order chi connectivity index (χ0) is 32.3. The molecular formula is C46H29NOS. The maximum Gasteiger partial charge on any atom is 0.136 e. The summed E-state index contributed by atoms with van der Waals surface area (Å²) in [4.78, 5) is 2.42. The van der Waals surface area contributed by atoms with Gasteiger partial charge >= 0.3 is 0 Å². The zero-order valence-electron chi connectivity index (χ0n) is 26.5. The van der Waals surface area contributed by atoms with Crippen LogP contribution in [0.3, 0.4) is 0 Å². The van der Waals surface area contributed by atoms with Crippen molar-refractivity contribution in [3.05, 3.63) is 176 Å². The zero-order valence-corrected chi connectivity index (χ0v) is 27.3. The van der Waals surface area contributed by atoms with Crippen molar-refractivity contribution < 1.29 is 4.42 Å². The average molecular weight is 644 g/mol. The first-order valence-electron chi connectivity index (χ1n) is 16.6. The van der Waals surface area contributed by atoms with Gasteiger partial charge in [-0.3, -0.25) is 0 Å². The van der Waals surface area contributed by atoms with Crippen molar-refractivity contribution in [2.75, 3.05) is 4.90 Å². The van der Waals surface area contributed by atoms with Crippen molar-refractivity contribution in [2.24, 2.45) is 0 Å². The maximum absolute atomic E-state index is 6.22. The molecule has 10 rings (SSSR count). The van der Waals surface area contributed by atoms with E-state index in [1.165, 1.54) is 42.1 Å². The Kier molecular flexibility index (Phi) is 6.39. The number of rotatable bonds is 5. The smallest absolute Gasteiger partial charge is 0.136 e. The van der Waals surface area contributed by atoms with Gasteiger partial charge in [0, 0.05) is 47.6 Å². The Morgan fingerprint density at radius 2 is 1.02 bits per heavy atom. The van der Waals surface area contributed by atoms with Crippen LogP contribution in [-0.4, -0.2) is 0 Å². The quantitative estimate of drug-likeness (QED) is 0.186. The standard InChI is InChI=1S/C46H29NOS/c1-2-12-35-31(10-1)11-9-17-42(35)47(34-24-20-30(21-25-34)32-22-26-38-37-14-4-7-18-43(37)48-44(38)28-32)41-16-6-3-13-36(41)33-23-27-40-39-15-5-8-19-45(39)49-46(40)29-33/h1-29H. The van der Waals surface area contributed by atoms with Gasteiger partial charge in [0.1, 0.15) is 11.2 Å². The number of fused-ring (bicyclic) bond motifs is 7. The van der Waals surface area contributed by atoms with E-state index in [0.29, 0.717) is 0 Å². The number of furan rings is 1. The average Bonchev–Trinajstić information content (AvgIpc) is 3.73. The van der Waals surface area contributed by atoms with Crippen LogP contribution in [-0.2, 0) is 0 Å². The highest BCUT2D eigenvalue weighted by Gasteiger charge is 2.20. The van der Waals surface area contributed by atoms with Crippen LogP contribution in [0.1, 0.15) is 0 Å². The summed E-state index contributed by atoms with van der Waals surface area (Å²) in [6.45, 7) is 0. The first-order chi connectivity index (χ1) is 24.3. The lowest BCUT2D eigenvalue weighted by Crippen LogP contribution is -2.11. The van der Waals surface area contributed by atoms with Crippen LogP contribution in [0.4, 0.5) is 17.1 Å². The Morgan fingerprint density at radius 1 is 0.388 bits per heavy atom. The minimum atomic E-state index is 0.907.